The molecule has 1 heterocycles. The standard InChI is InChI=1S/C17H27N3O4S/c1-3-24-15-4-6-16(7-5-15)25(22,23)19-9-8-17(21)20-12-14(11-18)10-13(20)2/h4-7,13-14,19H,3,8-12,18H2,1-2H3. The third kappa shape index (κ3) is 5.17. The lowest BCUT2D eigenvalue weighted by Crippen LogP contribution is -2.37. The van der Waals surface area contributed by atoms with Crippen molar-refractivity contribution in [3.05, 3.63) is 24.3 Å². The molecule has 1 aromatic rings. The Morgan fingerprint density at radius 1 is 1.36 bits per heavy atom. The van der Waals surface area contributed by atoms with Gasteiger partial charge in [0.25, 0.3) is 0 Å². The van der Waals surface area contributed by atoms with Gasteiger partial charge in [-0.3, -0.25) is 4.79 Å². The number of hydrogen-bond acceptors (Lipinski definition) is 5. The molecule has 8 heteroatoms. The fraction of sp³-hybridized carbons (Fsp3) is 0.588. The average molecular weight is 369 g/mol. The number of nitrogens with one attached hydrogen (secondary N) is 1. The van der Waals surface area contributed by atoms with Crippen molar-refractivity contribution in [3.63, 3.8) is 0 Å². The summed E-state index contributed by atoms with van der Waals surface area (Å²) >= 11 is 0. The molecule has 1 amide bonds. The molecule has 2 rings (SSSR count). The van der Waals surface area contributed by atoms with E-state index in [2.05, 4.69) is 4.72 Å². The summed E-state index contributed by atoms with van der Waals surface area (Å²) in [6, 6.07) is 6.36. The van der Waals surface area contributed by atoms with Gasteiger partial charge in [0.05, 0.1) is 11.5 Å². The molecule has 0 aromatic heterocycles. The van der Waals surface area contributed by atoms with Gasteiger partial charge in [-0.25, -0.2) is 13.1 Å². The van der Waals surface area contributed by atoms with E-state index in [1.165, 1.54) is 12.1 Å². The normalized spacial score (nSPS) is 20.7. The van der Waals surface area contributed by atoms with Gasteiger partial charge in [0.15, 0.2) is 0 Å². The number of sulfonamides is 1. The summed E-state index contributed by atoms with van der Waals surface area (Å²) in [5.74, 6) is 0.909. The van der Waals surface area contributed by atoms with Crippen LogP contribution >= 0.6 is 0 Å². The second-order valence-electron chi connectivity index (χ2n) is 6.28. The molecule has 0 saturated carbocycles. The molecule has 0 spiro atoms. The first-order valence-corrected chi connectivity index (χ1v) is 10.1. The first kappa shape index (κ1) is 19.7. The first-order chi connectivity index (χ1) is 11.9. The highest BCUT2D eigenvalue weighted by atomic mass is 32.2. The summed E-state index contributed by atoms with van der Waals surface area (Å²) < 4.78 is 32.3. The Balaban J connectivity index is 1.86. The van der Waals surface area contributed by atoms with E-state index in [0.29, 0.717) is 31.4 Å². The van der Waals surface area contributed by atoms with E-state index in [-0.39, 0.29) is 29.8 Å². The van der Waals surface area contributed by atoms with Crippen LogP contribution in [0.1, 0.15) is 26.7 Å². The molecule has 25 heavy (non-hydrogen) atoms. The Bertz CT molecular complexity index is 676. The maximum atomic E-state index is 12.3. The summed E-state index contributed by atoms with van der Waals surface area (Å²) in [6.45, 7) is 5.68. The smallest absolute Gasteiger partial charge is 0.240 e. The Morgan fingerprint density at radius 2 is 2.04 bits per heavy atom. The molecule has 7 nitrogen and oxygen atoms in total. The Morgan fingerprint density at radius 3 is 2.60 bits per heavy atom. The van der Waals surface area contributed by atoms with Crippen LogP contribution in [0.3, 0.4) is 0 Å². The number of nitrogens with two attached hydrogens (primary N) is 1. The zero-order valence-electron chi connectivity index (χ0n) is 14.8. The fourth-order valence-corrected chi connectivity index (χ4v) is 4.09. The predicted molar refractivity (Wildman–Crippen MR) is 95.8 cm³/mol. The Kier molecular flexibility index (Phi) is 6.80. The van der Waals surface area contributed by atoms with Crippen molar-refractivity contribution >= 4 is 15.9 Å². The second kappa shape index (κ2) is 8.64. The lowest BCUT2D eigenvalue weighted by atomic mass is 10.1. The van der Waals surface area contributed by atoms with Crippen LogP contribution in [-0.2, 0) is 14.8 Å². The van der Waals surface area contributed by atoms with Crippen LogP contribution in [0.4, 0.5) is 0 Å². The highest BCUT2D eigenvalue weighted by Crippen LogP contribution is 2.22. The number of benzene rings is 1. The van der Waals surface area contributed by atoms with Crippen molar-refractivity contribution in [1.29, 1.82) is 0 Å². The van der Waals surface area contributed by atoms with Crippen LogP contribution in [0.5, 0.6) is 5.75 Å². The summed E-state index contributed by atoms with van der Waals surface area (Å²) in [7, 11) is -3.64. The summed E-state index contributed by atoms with van der Waals surface area (Å²) in [6.07, 6.45) is 1.04. The second-order valence-corrected chi connectivity index (χ2v) is 8.05. The van der Waals surface area contributed by atoms with Crippen molar-refractivity contribution in [2.24, 2.45) is 11.7 Å². The van der Waals surface area contributed by atoms with Crippen LogP contribution in [0, 0.1) is 5.92 Å². The number of nitrogens with zero attached hydrogens (tertiary/aromatic N) is 1. The number of rotatable bonds is 8. The van der Waals surface area contributed by atoms with Crippen molar-refractivity contribution in [2.45, 2.75) is 37.6 Å². The monoisotopic (exact) mass is 369 g/mol. The lowest BCUT2D eigenvalue weighted by Gasteiger charge is -2.21. The number of amides is 1. The first-order valence-electron chi connectivity index (χ1n) is 8.59. The molecule has 2 atom stereocenters. The predicted octanol–water partition coefficient (Wildman–Crippen LogP) is 0.949. The molecule has 140 valence electrons. The number of carbonyl (C=O) groups is 1. The van der Waals surface area contributed by atoms with Gasteiger partial charge in [0.2, 0.25) is 15.9 Å². The lowest BCUT2D eigenvalue weighted by molar-refractivity contribution is -0.131. The maximum absolute atomic E-state index is 12.3. The van der Waals surface area contributed by atoms with Crippen LogP contribution in [0.25, 0.3) is 0 Å². The molecule has 3 N–H and O–H groups in total. The van der Waals surface area contributed by atoms with Gasteiger partial charge in [0.1, 0.15) is 5.75 Å². The van der Waals surface area contributed by atoms with E-state index in [1.807, 2.05) is 13.8 Å². The summed E-state index contributed by atoms with van der Waals surface area (Å²) in [5, 5.41) is 0. The van der Waals surface area contributed by atoms with Crippen molar-refractivity contribution in [1.82, 2.24) is 9.62 Å². The molecule has 0 aliphatic carbocycles. The van der Waals surface area contributed by atoms with Crippen LogP contribution < -0.4 is 15.2 Å². The molecular formula is C17H27N3O4S. The fourth-order valence-electron chi connectivity index (χ4n) is 3.06. The molecule has 1 aromatic carbocycles. The number of likely N-dealkylation sites (tertiary alicyclic amines) is 1. The van der Waals surface area contributed by atoms with E-state index in [9.17, 15) is 13.2 Å². The average Bonchev–Trinajstić information content (AvgIpc) is 2.96. The van der Waals surface area contributed by atoms with Crippen LogP contribution in [0.15, 0.2) is 29.2 Å². The van der Waals surface area contributed by atoms with Crippen LogP contribution in [0.2, 0.25) is 0 Å². The molecular weight excluding hydrogens is 342 g/mol. The third-order valence-corrected chi connectivity index (χ3v) is 5.87. The molecule has 1 aliphatic heterocycles. The van der Waals surface area contributed by atoms with E-state index < -0.39 is 10.0 Å². The van der Waals surface area contributed by atoms with Gasteiger partial charge in [-0.05, 0) is 57.0 Å². The number of carbonyl (C=O) groups excluding carboxylic acids is 1. The van der Waals surface area contributed by atoms with E-state index >= 15 is 0 Å². The highest BCUT2D eigenvalue weighted by molar-refractivity contribution is 7.89. The summed E-state index contributed by atoms with van der Waals surface area (Å²) in [5.41, 5.74) is 5.67. The van der Waals surface area contributed by atoms with Gasteiger partial charge in [0, 0.05) is 25.6 Å². The minimum absolute atomic E-state index is 0.0437. The van der Waals surface area contributed by atoms with Crippen molar-refractivity contribution in [2.75, 3.05) is 26.2 Å². The van der Waals surface area contributed by atoms with Gasteiger partial charge < -0.3 is 15.4 Å². The maximum Gasteiger partial charge on any atom is 0.240 e. The van der Waals surface area contributed by atoms with Gasteiger partial charge in [-0.15, -0.1) is 0 Å². The van der Waals surface area contributed by atoms with Crippen LogP contribution in [-0.4, -0.2) is 51.5 Å². The molecule has 1 fully saturated rings. The minimum Gasteiger partial charge on any atom is -0.494 e. The zero-order valence-corrected chi connectivity index (χ0v) is 15.6. The molecule has 1 aliphatic rings. The highest BCUT2D eigenvalue weighted by Gasteiger charge is 2.31. The molecule has 0 bridgehead atoms. The van der Waals surface area contributed by atoms with E-state index in [1.54, 1.807) is 17.0 Å². The van der Waals surface area contributed by atoms with Crippen molar-refractivity contribution < 1.29 is 17.9 Å². The Labute approximate surface area is 149 Å². The van der Waals surface area contributed by atoms with Gasteiger partial charge in [-0.1, -0.05) is 0 Å². The molecule has 2 unspecified atom stereocenters. The summed E-state index contributed by atoms with van der Waals surface area (Å²) in [4.78, 5) is 14.2. The van der Waals surface area contributed by atoms with E-state index in [4.69, 9.17) is 10.5 Å². The molecule has 0 radical (unpaired) electrons. The Hall–Kier alpha value is -1.64. The zero-order chi connectivity index (χ0) is 18.4. The molecule has 1 saturated heterocycles. The van der Waals surface area contributed by atoms with Gasteiger partial charge in [-0.2, -0.15) is 0 Å². The number of hydrogen-bond donors (Lipinski definition) is 2. The SMILES string of the molecule is CCOc1ccc(S(=O)(=O)NCCC(=O)N2CC(CN)CC2C)cc1. The van der Waals surface area contributed by atoms with Crippen molar-refractivity contribution in [3.8, 4) is 5.75 Å². The minimum atomic E-state index is -3.64. The van der Waals surface area contributed by atoms with E-state index in [0.717, 1.165) is 6.42 Å². The quantitative estimate of drug-likeness (QED) is 0.710. The topological polar surface area (TPSA) is 102 Å². The largest absolute Gasteiger partial charge is 0.494 e. The third-order valence-electron chi connectivity index (χ3n) is 4.39. The van der Waals surface area contributed by atoms with Gasteiger partial charge >= 0.3 is 0 Å². The number of ether oxygens (including phenoxy) is 1.